The summed E-state index contributed by atoms with van der Waals surface area (Å²) >= 11 is 9.14. The van der Waals surface area contributed by atoms with Crippen LogP contribution in [0.15, 0.2) is 22.7 Å². The Bertz CT molecular complexity index is 387. The highest BCUT2D eigenvalue weighted by Crippen LogP contribution is 2.27. The van der Waals surface area contributed by atoms with Crippen molar-refractivity contribution in [2.45, 2.75) is 6.42 Å². The molecule has 4 nitrogen and oxygen atoms in total. The Balaban J connectivity index is 2.20. The molecule has 0 saturated carbocycles. The first kappa shape index (κ1) is 14.3. The molecule has 0 atom stereocenters. The third kappa shape index (κ3) is 5.91. The maximum atomic E-state index is 10.2. The zero-order chi connectivity index (χ0) is 12.7. The summed E-state index contributed by atoms with van der Waals surface area (Å²) in [5.74, 6) is -0.0895. The fraction of sp³-hybridized carbons (Fsp3) is 0.364. The van der Waals surface area contributed by atoms with Crippen LogP contribution in [0.3, 0.4) is 0 Å². The van der Waals surface area contributed by atoms with Gasteiger partial charge >= 0.3 is 5.97 Å². The quantitative estimate of drug-likeness (QED) is 0.758. The van der Waals surface area contributed by atoms with Crippen molar-refractivity contribution in [2.24, 2.45) is 0 Å². The summed E-state index contributed by atoms with van der Waals surface area (Å²) in [5, 5.41) is 12.0. The minimum atomic E-state index is -0.807. The van der Waals surface area contributed by atoms with Gasteiger partial charge in [-0.2, -0.15) is 0 Å². The lowest BCUT2D eigenvalue weighted by Gasteiger charge is -2.08. The number of rotatable bonds is 7. The molecule has 1 aromatic carbocycles. The maximum Gasteiger partial charge on any atom is 0.304 e. The molecule has 0 heterocycles. The van der Waals surface area contributed by atoms with Gasteiger partial charge in [0, 0.05) is 18.1 Å². The Morgan fingerprint density at radius 2 is 2.24 bits per heavy atom. The van der Waals surface area contributed by atoms with Gasteiger partial charge in [-0.1, -0.05) is 11.6 Å². The maximum absolute atomic E-state index is 10.2. The van der Waals surface area contributed by atoms with Gasteiger partial charge in [-0.05, 0) is 34.1 Å². The first-order chi connectivity index (χ1) is 8.09. The van der Waals surface area contributed by atoms with Crippen molar-refractivity contribution < 1.29 is 14.6 Å². The molecule has 1 rings (SSSR count). The minimum absolute atomic E-state index is 0.116. The molecule has 0 aliphatic rings. The zero-order valence-corrected chi connectivity index (χ0v) is 11.4. The molecule has 0 aliphatic heterocycles. The molecule has 0 aromatic heterocycles. The van der Waals surface area contributed by atoms with Gasteiger partial charge in [0.2, 0.25) is 0 Å². The average Bonchev–Trinajstić information content (AvgIpc) is 2.25. The predicted molar refractivity (Wildman–Crippen MR) is 69.8 cm³/mol. The van der Waals surface area contributed by atoms with E-state index in [1.54, 1.807) is 18.2 Å². The number of benzene rings is 1. The predicted octanol–water partition coefficient (Wildman–Crippen LogP) is 2.55. The molecular weight excluding hydrogens is 309 g/mol. The highest BCUT2D eigenvalue weighted by molar-refractivity contribution is 9.10. The molecule has 0 radical (unpaired) electrons. The molecule has 0 saturated heterocycles. The second-order valence-corrected chi connectivity index (χ2v) is 4.61. The van der Waals surface area contributed by atoms with Gasteiger partial charge in [0.05, 0.1) is 10.9 Å². The third-order valence-corrected chi connectivity index (χ3v) is 2.80. The summed E-state index contributed by atoms with van der Waals surface area (Å²) in [7, 11) is 0. The van der Waals surface area contributed by atoms with Crippen LogP contribution in [0, 0.1) is 0 Å². The Hall–Kier alpha value is -0.780. The second-order valence-electron chi connectivity index (χ2n) is 3.32. The van der Waals surface area contributed by atoms with E-state index in [-0.39, 0.29) is 6.42 Å². The number of hydrogen-bond acceptors (Lipinski definition) is 3. The van der Waals surface area contributed by atoms with Crippen LogP contribution < -0.4 is 10.1 Å². The lowest BCUT2D eigenvalue weighted by atomic mass is 10.3. The molecule has 17 heavy (non-hydrogen) atoms. The number of carbonyl (C=O) groups is 1. The fourth-order valence-corrected chi connectivity index (χ4v) is 1.94. The van der Waals surface area contributed by atoms with E-state index >= 15 is 0 Å². The van der Waals surface area contributed by atoms with Gasteiger partial charge in [-0.25, -0.2) is 0 Å². The number of hydrogen-bond donors (Lipinski definition) is 2. The molecule has 2 N–H and O–H groups in total. The van der Waals surface area contributed by atoms with Crippen LogP contribution >= 0.6 is 27.5 Å². The van der Waals surface area contributed by atoms with Crippen molar-refractivity contribution in [3.8, 4) is 5.75 Å². The highest BCUT2D eigenvalue weighted by Gasteiger charge is 2.01. The smallest absolute Gasteiger partial charge is 0.304 e. The molecule has 0 aliphatic carbocycles. The molecule has 0 bridgehead atoms. The molecule has 6 heteroatoms. The van der Waals surface area contributed by atoms with Crippen LogP contribution in [-0.4, -0.2) is 30.8 Å². The molecule has 1 aromatic rings. The third-order valence-electron chi connectivity index (χ3n) is 1.95. The molecule has 0 spiro atoms. The van der Waals surface area contributed by atoms with Gasteiger partial charge in [-0.3, -0.25) is 4.79 Å². The fourth-order valence-electron chi connectivity index (χ4n) is 1.15. The summed E-state index contributed by atoms with van der Waals surface area (Å²) in [6.45, 7) is 1.52. The van der Waals surface area contributed by atoms with Crippen LogP contribution in [0.2, 0.25) is 5.02 Å². The molecule has 0 fully saturated rings. The average molecular weight is 323 g/mol. The Kier molecular flexibility index (Phi) is 6.32. The first-order valence-electron chi connectivity index (χ1n) is 5.10. The van der Waals surface area contributed by atoms with Crippen molar-refractivity contribution in [1.82, 2.24) is 5.32 Å². The first-order valence-corrected chi connectivity index (χ1v) is 6.27. The van der Waals surface area contributed by atoms with E-state index in [0.29, 0.717) is 24.7 Å². The van der Waals surface area contributed by atoms with Crippen LogP contribution in [0.5, 0.6) is 5.75 Å². The van der Waals surface area contributed by atoms with Crippen LogP contribution in [0.25, 0.3) is 0 Å². The standard InChI is InChI=1S/C11H13BrClNO3/c12-9-7-8(13)1-2-10(9)17-6-5-14-4-3-11(15)16/h1-2,7,14H,3-6H2,(H,15,16). The van der Waals surface area contributed by atoms with E-state index < -0.39 is 5.97 Å². The van der Waals surface area contributed by atoms with Crippen molar-refractivity contribution in [3.63, 3.8) is 0 Å². The summed E-state index contributed by atoms with van der Waals surface area (Å²) < 4.78 is 6.28. The Morgan fingerprint density at radius 3 is 2.88 bits per heavy atom. The van der Waals surface area contributed by atoms with Crippen molar-refractivity contribution in [3.05, 3.63) is 27.7 Å². The van der Waals surface area contributed by atoms with Crippen LogP contribution in [-0.2, 0) is 4.79 Å². The van der Waals surface area contributed by atoms with E-state index in [2.05, 4.69) is 21.2 Å². The topological polar surface area (TPSA) is 58.6 Å². The Morgan fingerprint density at radius 1 is 1.47 bits per heavy atom. The van der Waals surface area contributed by atoms with E-state index in [1.807, 2.05) is 0 Å². The van der Waals surface area contributed by atoms with Crippen molar-refractivity contribution in [2.75, 3.05) is 19.7 Å². The number of carboxylic acid groups (broad SMARTS) is 1. The van der Waals surface area contributed by atoms with Crippen LogP contribution in [0.1, 0.15) is 6.42 Å². The summed E-state index contributed by atoms with van der Waals surface area (Å²) in [5.41, 5.74) is 0. The van der Waals surface area contributed by atoms with Gasteiger partial charge in [0.1, 0.15) is 12.4 Å². The monoisotopic (exact) mass is 321 g/mol. The molecule has 0 unspecified atom stereocenters. The SMILES string of the molecule is O=C(O)CCNCCOc1ccc(Cl)cc1Br. The number of ether oxygens (including phenoxy) is 1. The number of carboxylic acids is 1. The largest absolute Gasteiger partial charge is 0.491 e. The summed E-state index contributed by atoms with van der Waals surface area (Å²) in [4.78, 5) is 10.2. The van der Waals surface area contributed by atoms with E-state index in [9.17, 15) is 4.79 Å². The van der Waals surface area contributed by atoms with Gasteiger partial charge < -0.3 is 15.2 Å². The Labute approximate surface area is 113 Å². The van der Waals surface area contributed by atoms with Gasteiger partial charge in [-0.15, -0.1) is 0 Å². The van der Waals surface area contributed by atoms with Crippen molar-refractivity contribution >= 4 is 33.5 Å². The van der Waals surface area contributed by atoms with Gasteiger partial charge in [0.15, 0.2) is 0 Å². The zero-order valence-electron chi connectivity index (χ0n) is 9.08. The molecule has 94 valence electrons. The lowest BCUT2D eigenvalue weighted by Crippen LogP contribution is -2.23. The molecular formula is C11H13BrClNO3. The number of halogens is 2. The van der Waals surface area contributed by atoms with Crippen molar-refractivity contribution in [1.29, 1.82) is 0 Å². The second kappa shape index (κ2) is 7.53. The number of aliphatic carboxylic acids is 1. The van der Waals surface area contributed by atoms with Crippen LogP contribution in [0.4, 0.5) is 0 Å². The minimum Gasteiger partial charge on any atom is -0.491 e. The summed E-state index contributed by atoms with van der Waals surface area (Å²) in [6, 6.07) is 5.29. The number of nitrogens with one attached hydrogen (secondary N) is 1. The van der Waals surface area contributed by atoms with E-state index in [4.69, 9.17) is 21.4 Å². The van der Waals surface area contributed by atoms with E-state index in [0.717, 1.165) is 10.2 Å². The highest BCUT2D eigenvalue weighted by atomic mass is 79.9. The lowest BCUT2D eigenvalue weighted by molar-refractivity contribution is -0.136. The van der Waals surface area contributed by atoms with Gasteiger partial charge in [0.25, 0.3) is 0 Å². The van der Waals surface area contributed by atoms with E-state index in [1.165, 1.54) is 0 Å². The molecule has 0 amide bonds. The normalized spacial score (nSPS) is 10.2. The summed E-state index contributed by atoms with van der Waals surface area (Å²) in [6.07, 6.45) is 0.116.